The highest BCUT2D eigenvalue weighted by molar-refractivity contribution is 5.87. The summed E-state index contributed by atoms with van der Waals surface area (Å²) >= 11 is 0. The van der Waals surface area contributed by atoms with Gasteiger partial charge in [0.25, 0.3) is 0 Å². The van der Waals surface area contributed by atoms with Crippen LogP contribution >= 0.6 is 0 Å². The van der Waals surface area contributed by atoms with E-state index in [1.807, 2.05) is 13.8 Å². The minimum absolute atomic E-state index is 0.00603. The van der Waals surface area contributed by atoms with Crippen molar-refractivity contribution in [3.63, 3.8) is 0 Å². The number of likely N-dealkylation sites (tertiary alicyclic amines) is 1. The normalized spacial score (nSPS) is 22.8. The maximum atomic E-state index is 12.6. The summed E-state index contributed by atoms with van der Waals surface area (Å²) in [6.07, 6.45) is 5.68. The molecule has 1 atom stereocenters. The molecule has 2 saturated heterocycles. The Morgan fingerprint density at radius 1 is 1.12 bits per heavy atom. The molecule has 2 fully saturated rings. The Hall–Kier alpha value is -1.14. The molecule has 24 heavy (non-hydrogen) atoms. The van der Waals surface area contributed by atoms with Gasteiger partial charge in [-0.1, -0.05) is 20.3 Å². The average Bonchev–Trinajstić information content (AvgIpc) is 2.59. The zero-order chi connectivity index (χ0) is 17.6. The highest BCUT2D eigenvalue weighted by Gasteiger charge is 2.39. The SMILES string of the molecule is CC(=O)N[C@H](C(=O)NCC1(N2CCCCC2)CCOCC1)C(C)C. The first-order valence-electron chi connectivity index (χ1n) is 9.32. The summed E-state index contributed by atoms with van der Waals surface area (Å²) in [6, 6.07) is -0.472. The van der Waals surface area contributed by atoms with E-state index in [0.717, 1.165) is 39.1 Å². The summed E-state index contributed by atoms with van der Waals surface area (Å²) in [4.78, 5) is 26.5. The lowest BCUT2D eigenvalue weighted by Crippen LogP contribution is -2.61. The molecule has 0 aliphatic carbocycles. The fourth-order valence-electron chi connectivity index (χ4n) is 3.84. The maximum absolute atomic E-state index is 12.6. The van der Waals surface area contributed by atoms with Crippen LogP contribution in [0.3, 0.4) is 0 Å². The van der Waals surface area contributed by atoms with Crippen molar-refractivity contribution in [2.45, 2.75) is 64.5 Å². The largest absolute Gasteiger partial charge is 0.381 e. The summed E-state index contributed by atoms with van der Waals surface area (Å²) in [5, 5.41) is 5.90. The summed E-state index contributed by atoms with van der Waals surface area (Å²) < 4.78 is 5.56. The van der Waals surface area contributed by atoms with Gasteiger partial charge in [0.05, 0.1) is 0 Å². The van der Waals surface area contributed by atoms with E-state index in [2.05, 4.69) is 15.5 Å². The first kappa shape index (κ1) is 19.2. The van der Waals surface area contributed by atoms with Crippen molar-refractivity contribution in [2.75, 3.05) is 32.8 Å². The number of ether oxygens (including phenoxy) is 1. The van der Waals surface area contributed by atoms with E-state index < -0.39 is 6.04 Å². The van der Waals surface area contributed by atoms with Crippen LogP contribution in [0.1, 0.15) is 52.9 Å². The molecule has 2 aliphatic rings. The second kappa shape index (κ2) is 8.81. The average molecular weight is 339 g/mol. The van der Waals surface area contributed by atoms with Crippen LogP contribution in [0.4, 0.5) is 0 Å². The fraction of sp³-hybridized carbons (Fsp3) is 0.889. The van der Waals surface area contributed by atoms with Crippen molar-refractivity contribution in [1.82, 2.24) is 15.5 Å². The van der Waals surface area contributed by atoms with Crippen LogP contribution in [0.25, 0.3) is 0 Å². The van der Waals surface area contributed by atoms with E-state index in [0.29, 0.717) is 6.54 Å². The molecule has 2 heterocycles. The Balaban J connectivity index is 2.01. The highest BCUT2D eigenvalue weighted by Crippen LogP contribution is 2.30. The van der Waals surface area contributed by atoms with Gasteiger partial charge in [0.2, 0.25) is 11.8 Å². The standard InChI is InChI=1S/C18H33N3O3/c1-14(2)16(20-15(3)22)17(23)19-13-18(7-11-24-12-8-18)21-9-5-4-6-10-21/h14,16H,4-13H2,1-3H3,(H,19,23)(H,20,22)/t16-/m0/s1. The molecule has 138 valence electrons. The van der Waals surface area contributed by atoms with Gasteiger partial charge in [-0.25, -0.2) is 0 Å². The number of carbonyl (C=O) groups excluding carboxylic acids is 2. The first-order valence-corrected chi connectivity index (χ1v) is 9.32. The zero-order valence-corrected chi connectivity index (χ0v) is 15.4. The number of amides is 2. The van der Waals surface area contributed by atoms with Crippen LogP contribution in [-0.2, 0) is 14.3 Å². The number of carbonyl (C=O) groups is 2. The Morgan fingerprint density at radius 3 is 2.29 bits per heavy atom. The Morgan fingerprint density at radius 2 is 1.75 bits per heavy atom. The molecular weight excluding hydrogens is 306 g/mol. The number of piperidine rings is 1. The topological polar surface area (TPSA) is 70.7 Å². The summed E-state index contributed by atoms with van der Waals surface area (Å²) in [5.41, 5.74) is 0.00603. The summed E-state index contributed by atoms with van der Waals surface area (Å²) in [7, 11) is 0. The highest BCUT2D eigenvalue weighted by atomic mass is 16.5. The third kappa shape index (κ3) is 4.93. The third-order valence-electron chi connectivity index (χ3n) is 5.35. The van der Waals surface area contributed by atoms with Crippen molar-refractivity contribution in [1.29, 1.82) is 0 Å². The van der Waals surface area contributed by atoms with Crippen molar-refractivity contribution < 1.29 is 14.3 Å². The number of nitrogens with one attached hydrogen (secondary N) is 2. The van der Waals surface area contributed by atoms with Gasteiger partial charge in [-0.2, -0.15) is 0 Å². The zero-order valence-electron chi connectivity index (χ0n) is 15.4. The van der Waals surface area contributed by atoms with Crippen LogP contribution in [0, 0.1) is 5.92 Å². The second-order valence-corrected chi connectivity index (χ2v) is 7.52. The molecule has 0 saturated carbocycles. The maximum Gasteiger partial charge on any atom is 0.242 e. The minimum atomic E-state index is -0.472. The third-order valence-corrected chi connectivity index (χ3v) is 5.35. The molecule has 0 aromatic rings. The van der Waals surface area contributed by atoms with Gasteiger partial charge in [0.15, 0.2) is 0 Å². The van der Waals surface area contributed by atoms with Crippen LogP contribution in [0.15, 0.2) is 0 Å². The van der Waals surface area contributed by atoms with E-state index in [1.54, 1.807) is 0 Å². The summed E-state index contributed by atoms with van der Waals surface area (Å²) in [5.74, 6) is -0.182. The molecule has 2 aliphatic heterocycles. The number of nitrogens with zero attached hydrogens (tertiary/aromatic N) is 1. The monoisotopic (exact) mass is 339 g/mol. The van der Waals surface area contributed by atoms with E-state index in [-0.39, 0.29) is 23.3 Å². The van der Waals surface area contributed by atoms with Crippen LogP contribution in [0.5, 0.6) is 0 Å². The van der Waals surface area contributed by atoms with E-state index in [9.17, 15) is 9.59 Å². The van der Waals surface area contributed by atoms with Crippen molar-refractivity contribution >= 4 is 11.8 Å². The molecule has 0 aromatic heterocycles. The van der Waals surface area contributed by atoms with E-state index in [1.165, 1.54) is 26.2 Å². The molecule has 2 N–H and O–H groups in total. The smallest absolute Gasteiger partial charge is 0.242 e. The molecule has 0 unspecified atom stereocenters. The van der Waals surface area contributed by atoms with Crippen LogP contribution < -0.4 is 10.6 Å². The molecule has 0 bridgehead atoms. The predicted molar refractivity (Wildman–Crippen MR) is 93.7 cm³/mol. The van der Waals surface area contributed by atoms with Crippen molar-refractivity contribution in [2.24, 2.45) is 5.92 Å². The van der Waals surface area contributed by atoms with Gasteiger partial charge < -0.3 is 15.4 Å². The Labute approximate surface area is 145 Å². The van der Waals surface area contributed by atoms with E-state index in [4.69, 9.17) is 4.74 Å². The lowest BCUT2D eigenvalue weighted by atomic mass is 9.86. The number of hydrogen-bond donors (Lipinski definition) is 2. The molecule has 6 nitrogen and oxygen atoms in total. The first-order chi connectivity index (χ1) is 11.4. The van der Waals surface area contributed by atoms with Gasteiger partial charge in [-0.3, -0.25) is 14.5 Å². The Bertz CT molecular complexity index is 427. The quantitative estimate of drug-likeness (QED) is 0.765. The van der Waals surface area contributed by atoms with Gasteiger partial charge in [0.1, 0.15) is 6.04 Å². The van der Waals surface area contributed by atoms with Gasteiger partial charge in [-0.15, -0.1) is 0 Å². The van der Waals surface area contributed by atoms with Crippen LogP contribution in [0.2, 0.25) is 0 Å². The van der Waals surface area contributed by atoms with Gasteiger partial charge in [0, 0.05) is 32.2 Å². The molecule has 0 spiro atoms. The van der Waals surface area contributed by atoms with Crippen molar-refractivity contribution in [3.05, 3.63) is 0 Å². The number of rotatable bonds is 6. The molecule has 0 radical (unpaired) electrons. The molecule has 0 aromatic carbocycles. The van der Waals surface area contributed by atoms with Gasteiger partial charge >= 0.3 is 0 Å². The van der Waals surface area contributed by atoms with Gasteiger partial charge in [-0.05, 0) is 44.7 Å². The second-order valence-electron chi connectivity index (χ2n) is 7.52. The summed E-state index contributed by atoms with van der Waals surface area (Å²) in [6.45, 7) is 9.72. The minimum Gasteiger partial charge on any atom is -0.381 e. The molecule has 2 rings (SSSR count). The lowest BCUT2D eigenvalue weighted by Gasteiger charge is -2.48. The molecule has 2 amide bonds. The molecule has 6 heteroatoms. The van der Waals surface area contributed by atoms with E-state index >= 15 is 0 Å². The van der Waals surface area contributed by atoms with Crippen molar-refractivity contribution in [3.8, 4) is 0 Å². The lowest BCUT2D eigenvalue weighted by molar-refractivity contribution is -0.130. The predicted octanol–water partition coefficient (Wildman–Crippen LogP) is 1.30. The molecular formula is C18H33N3O3. The number of hydrogen-bond acceptors (Lipinski definition) is 4. The van der Waals surface area contributed by atoms with Crippen LogP contribution in [-0.4, -0.2) is 61.1 Å². The fourth-order valence-corrected chi connectivity index (χ4v) is 3.84. The Kier molecular flexibility index (Phi) is 7.04.